The van der Waals surface area contributed by atoms with Gasteiger partial charge in [-0.3, -0.25) is 9.59 Å². The van der Waals surface area contributed by atoms with Gasteiger partial charge in [-0.2, -0.15) is 0 Å². The van der Waals surface area contributed by atoms with E-state index in [-0.39, 0.29) is 43.0 Å². The fourth-order valence-electron chi connectivity index (χ4n) is 5.58. The van der Waals surface area contributed by atoms with Crippen molar-refractivity contribution in [1.82, 2.24) is 10.2 Å². The predicted octanol–water partition coefficient (Wildman–Crippen LogP) is 2.41. The Hall–Kier alpha value is -2.16. The minimum absolute atomic E-state index is 0.0163. The second-order valence-electron chi connectivity index (χ2n) is 10.3. The quantitative estimate of drug-likeness (QED) is 0.512. The van der Waals surface area contributed by atoms with Crippen LogP contribution >= 0.6 is 0 Å². The number of benzene rings is 1. The number of amides is 2. The summed E-state index contributed by atoms with van der Waals surface area (Å²) in [5.41, 5.74) is 1.79. The lowest BCUT2D eigenvalue weighted by molar-refractivity contribution is -0.142. The average Bonchev–Trinajstić information content (AvgIpc) is 3.57. The van der Waals surface area contributed by atoms with Crippen LogP contribution in [0.4, 0.5) is 5.69 Å². The van der Waals surface area contributed by atoms with Crippen molar-refractivity contribution in [3.63, 3.8) is 0 Å². The molecule has 0 radical (unpaired) electrons. The average molecular weight is 472 g/mol. The number of likely N-dealkylation sites (tertiary alicyclic amines) is 1. The van der Waals surface area contributed by atoms with Gasteiger partial charge in [-0.25, -0.2) is 0 Å². The van der Waals surface area contributed by atoms with Crippen molar-refractivity contribution >= 4 is 17.5 Å². The van der Waals surface area contributed by atoms with E-state index in [9.17, 15) is 14.7 Å². The Morgan fingerprint density at radius 2 is 1.91 bits per heavy atom. The van der Waals surface area contributed by atoms with Crippen LogP contribution in [0.3, 0.4) is 0 Å². The van der Waals surface area contributed by atoms with Crippen LogP contribution < -0.4 is 15.4 Å². The number of nitrogens with zero attached hydrogens (tertiary/aromatic N) is 1. The summed E-state index contributed by atoms with van der Waals surface area (Å²) in [6.07, 6.45) is 6.52. The lowest BCUT2D eigenvalue weighted by Gasteiger charge is -2.37. The molecule has 1 aromatic carbocycles. The highest BCUT2D eigenvalue weighted by Gasteiger charge is 2.46. The van der Waals surface area contributed by atoms with Crippen LogP contribution in [0.25, 0.3) is 0 Å². The van der Waals surface area contributed by atoms with Crippen molar-refractivity contribution in [2.24, 2.45) is 5.92 Å². The van der Waals surface area contributed by atoms with Crippen molar-refractivity contribution in [2.75, 3.05) is 38.1 Å². The van der Waals surface area contributed by atoms with E-state index < -0.39 is 6.10 Å². The number of piperidine rings is 1. The number of ether oxygens (including phenoxy) is 2. The van der Waals surface area contributed by atoms with E-state index in [2.05, 4.69) is 15.5 Å². The lowest BCUT2D eigenvalue weighted by atomic mass is 9.84. The Morgan fingerprint density at radius 3 is 2.68 bits per heavy atom. The highest BCUT2D eigenvalue weighted by atomic mass is 16.6. The van der Waals surface area contributed by atoms with Crippen LogP contribution in [-0.4, -0.2) is 72.9 Å². The number of anilines is 1. The van der Waals surface area contributed by atoms with Crippen LogP contribution in [0.2, 0.25) is 0 Å². The summed E-state index contributed by atoms with van der Waals surface area (Å²) in [5, 5.41) is 16.0. The summed E-state index contributed by atoms with van der Waals surface area (Å²) >= 11 is 0. The normalized spacial score (nSPS) is 28.5. The minimum Gasteiger partial charge on any atom is -0.487 e. The molecule has 1 aliphatic carbocycles. The van der Waals surface area contributed by atoms with Gasteiger partial charge >= 0.3 is 0 Å². The Labute approximate surface area is 201 Å². The molecule has 186 valence electrons. The van der Waals surface area contributed by atoms with Crippen molar-refractivity contribution in [3.8, 4) is 5.75 Å². The minimum atomic E-state index is -0.481. The molecule has 3 aliphatic heterocycles. The Morgan fingerprint density at radius 1 is 1.09 bits per heavy atom. The van der Waals surface area contributed by atoms with Gasteiger partial charge in [-0.05, 0) is 69.3 Å². The molecule has 2 amide bonds. The van der Waals surface area contributed by atoms with Crippen LogP contribution in [-0.2, 0) is 14.3 Å². The zero-order valence-electron chi connectivity index (χ0n) is 19.8. The van der Waals surface area contributed by atoms with E-state index in [1.54, 1.807) is 0 Å². The third-order valence-electron chi connectivity index (χ3n) is 7.57. The van der Waals surface area contributed by atoms with Gasteiger partial charge in [0.25, 0.3) is 0 Å². The van der Waals surface area contributed by atoms with Crippen molar-refractivity contribution in [1.29, 1.82) is 0 Å². The summed E-state index contributed by atoms with van der Waals surface area (Å²) < 4.78 is 12.2. The number of fused-ring (bicyclic) bond motifs is 3. The number of aliphatic hydroxyl groups is 1. The molecule has 3 N–H and O–H groups in total. The van der Waals surface area contributed by atoms with E-state index in [1.807, 2.05) is 18.2 Å². The van der Waals surface area contributed by atoms with Gasteiger partial charge in [0.15, 0.2) is 0 Å². The van der Waals surface area contributed by atoms with E-state index in [1.165, 1.54) is 19.3 Å². The summed E-state index contributed by atoms with van der Waals surface area (Å²) in [4.78, 5) is 27.3. The molecule has 8 heteroatoms. The second kappa shape index (κ2) is 10.6. The van der Waals surface area contributed by atoms with Gasteiger partial charge in [0, 0.05) is 36.7 Å². The van der Waals surface area contributed by atoms with Crippen LogP contribution in [0.15, 0.2) is 18.2 Å². The molecule has 1 aromatic rings. The van der Waals surface area contributed by atoms with E-state index in [4.69, 9.17) is 9.47 Å². The molecule has 0 spiro atoms. The highest BCUT2D eigenvalue weighted by molar-refractivity contribution is 5.91. The first-order valence-corrected chi connectivity index (χ1v) is 12.9. The van der Waals surface area contributed by atoms with Gasteiger partial charge in [0.1, 0.15) is 18.0 Å². The van der Waals surface area contributed by atoms with Gasteiger partial charge < -0.3 is 30.1 Å². The van der Waals surface area contributed by atoms with Gasteiger partial charge in [-0.1, -0.05) is 6.42 Å². The molecule has 4 atom stereocenters. The number of rotatable bonds is 9. The number of carbonyl (C=O) groups excluding carboxylic acids is 2. The molecule has 3 fully saturated rings. The Kier molecular flexibility index (Phi) is 7.37. The summed E-state index contributed by atoms with van der Waals surface area (Å²) in [6, 6.07) is 5.74. The predicted molar refractivity (Wildman–Crippen MR) is 128 cm³/mol. The maximum Gasteiger partial charge on any atom is 0.224 e. The molecule has 5 rings (SSSR count). The first-order chi connectivity index (χ1) is 16.6. The maximum absolute atomic E-state index is 12.6. The molecule has 3 heterocycles. The summed E-state index contributed by atoms with van der Waals surface area (Å²) in [7, 11) is 0. The van der Waals surface area contributed by atoms with Crippen LogP contribution in [0.5, 0.6) is 5.75 Å². The van der Waals surface area contributed by atoms with E-state index >= 15 is 0 Å². The fourth-order valence-corrected chi connectivity index (χ4v) is 5.58. The molecule has 0 bridgehead atoms. The fraction of sp³-hybridized carbons (Fsp3) is 0.692. The first-order valence-electron chi connectivity index (χ1n) is 12.9. The second-order valence-corrected chi connectivity index (χ2v) is 10.3. The number of carbonyl (C=O) groups is 2. The van der Waals surface area contributed by atoms with Crippen LogP contribution in [0.1, 0.15) is 62.8 Å². The molecule has 4 aliphatic rings. The standard InChI is InChI=1S/C26H37N3O5/c30-16-23-26-21(14-19(33-23)15-24(31)27-8-11-29-9-2-1-3-10-29)20-13-18(6-7-22(20)34-26)28-25(32)12-17-4-5-17/h6-7,13,17,19,21,23,26,30H,1-5,8-12,14-16H2,(H,27,31)(H,28,32)/t19-,21-,23+,26+/m1/s1. The number of hydrogen-bond acceptors (Lipinski definition) is 6. The molecule has 0 unspecified atom stereocenters. The SMILES string of the molecule is O=C(C[C@H]1C[C@@H]2c3cc(NC(=O)CC4CC4)ccc3O[C@@H]2[C@H](CO)O1)NCCN1CCCCC1. The summed E-state index contributed by atoms with van der Waals surface area (Å²) in [6.45, 7) is 3.61. The van der Waals surface area contributed by atoms with Crippen LogP contribution in [0, 0.1) is 5.92 Å². The molecule has 8 nitrogen and oxygen atoms in total. The third-order valence-corrected chi connectivity index (χ3v) is 7.57. The number of aliphatic hydroxyl groups excluding tert-OH is 1. The molecule has 0 aromatic heterocycles. The molecule has 2 saturated heterocycles. The molecular formula is C26H37N3O5. The topological polar surface area (TPSA) is 100 Å². The first kappa shape index (κ1) is 23.6. The largest absolute Gasteiger partial charge is 0.487 e. The monoisotopic (exact) mass is 471 g/mol. The number of nitrogens with one attached hydrogen (secondary N) is 2. The van der Waals surface area contributed by atoms with Crippen molar-refractivity contribution in [3.05, 3.63) is 23.8 Å². The molecule has 1 saturated carbocycles. The van der Waals surface area contributed by atoms with Gasteiger partial charge in [0.05, 0.1) is 19.1 Å². The van der Waals surface area contributed by atoms with E-state index in [0.717, 1.165) is 49.5 Å². The Bertz CT molecular complexity index is 883. The third kappa shape index (κ3) is 5.73. The van der Waals surface area contributed by atoms with Crippen molar-refractivity contribution in [2.45, 2.75) is 75.6 Å². The summed E-state index contributed by atoms with van der Waals surface area (Å²) in [5.74, 6) is 1.36. The van der Waals surface area contributed by atoms with Gasteiger partial charge in [0.2, 0.25) is 11.8 Å². The molecule has 34 heavy (non-hydrogen) atoms. The zero-order chi connectivity index (χ0) is 23.5. The number of hydrogen-bond donors (Lipinski definition) is 3. The van der Waals surface area contributed by atoms with Crippen molar-refractivity contribution < 1.29 is 24.2 Å². The highest BCUT2D eigenvalue weighted by Crippen LogP contribution is 2.47. The smallest absolute Gasteiger partial charge is 0.224 e. The zero-order valence-corrected chi connectivity index (χ0v) is 19.8. The van der Waals surface area contributed by atoms with Gasteiger partial charge in [-0.15, -0.1) is 0 Å². The molecular weight excluding hydrogens is 434 g/mol. The lowest BCUT2D eigenvalue weighted by Crippen LogP contribution is -2.47. The Balaban J connectivity index is 1.17. The van der Waals surface area contributed by atoms with E-state index in [0.29, 0.717) is 25.3 Å². The maximum atomic E-state index is 12.6.